The average Bonchev–Trinajstić information content (AvgIpc) is 3.38. The first-order valence-corrected chi connectivity index (χ1v) is 12.8. The highest BCUT2D eigenvalue weighted by atomic mass is 32.2. The third kappa shape index (κ3) is 3.87. The molecule has 172 valence electrons. The number of thioether (sulfide) groups is 1. The molecule has 1 aliphatic carbocycles. The Kier molecular flexibility index (Phi) is 6.01. The molecule has 7 heteroatoms. The van der Waals surface area contributed by atoms with Crippen LogP contribution in [-0.2, 0) is 18.3 Å². The zero-order chi connectivity index (χ0) is 23.0. The van der Waals surface area contributed by atoms with Crippen LogP contribution in [0.5, 0.6) is 0 Å². The Balaban J connectivity index is 1.36. The summed E-state index contributed by atoms with van der Waals surface area (Å²) in [5.74, 6) is 0.203. The second-order valence-corrected chi connectivity index (χ2v) is 10.2. The van der Waals surface area contributed by atoms with Crippen LogP contribution in [0.3, 0.4) is 0 Å². The molecular weight excluding hydrogens is 432 g/mol. The van der Waals surface area contributed by atoms with E-state index in [1.807, 2.05) is 48.9 Å². The number of imidazole rings is 1. The minimum Gasteiger partial charge on any atom is -0.322 e. The van der Waals surface area contributed by atoms with Crippen molar-refractivity contribution in [3.63, 3.8) is 0 Å². The summed E-state index contributed by atoms with van der Waals surface area (Å²) in [6, 6.07) is 16.1. The molecule has 2 heterocycles. The molecule has 1 N–H and O–H groups in total. The average molecular weight is 464 g/mol. The fourth-order valence-corrected chi connectivity index (χ4v) is 6.46. The molecular formula is C26H31N4O2S+. The number of fused-ring (bicyclic) bond motifs is 2. The van der Waals surface area contributed by atoms with Gasteiger partial charge in [-0.05, 0) is 49.4 Å². The third-order valence-corrected chi connectivity index (χ3v) is 8.45. The van der Waals surface area contributed by atoms with Crippen LogP contribution in [0.2, 0.25) is 0 Å². The van der Waals surface area contributed by atoms with Gasteiger partial charge in [-0.25, -0.2) is 14.6 Å². The summed E-state index contributed by atoms with van der Waals surface area (Å²) in [5, 5.41) is 4.08. The number of nitrogens with zero attached hydrogens (tertiary/aromatic N) is 3. The predicted molar refractivity (Wildman–Crippen MR) is 131 cm³/mol. The molecule has 3 amide bonds. The lowest BCUT2D eigenvalue weighted by molar-refractivity contribution is -0.784. The Morgan fingerprint density at radius 2 is 1.91 bits per heavy atom. The van der Waals surface area contributed by atoms with E-state index in [1.165, 1.54) is 22.9 Å². The first-order chi connectivity index (χ1) is 16.0. The van der Waals surface area contributed by atoms with Crippen molar-refractivity contribution < 1.29 is 14.1 Å². The Hall–Kier alpha value is -2.64. The van der Waals surface area contributed by atoms with Gasteiger partial charge in [-0.2, -0.15) is 4.48 Å². The largest absolute Gasteiger partial charge is 0.424 e. The number of carbonyl (C=O) groups is 2. The molecule has 0 bridgehead atoms. The molecule has 33 heavy (non-hydrogen) atoms. The highest BCUT2D eigenvalue weighted by molar-refractivity contribution is 7.99. The number of hydrogen-bond acceptors (Lipinski definition) is 4. The van der Waals surface area contributed by atoms with Gasteiger partial charge in [0, 0.05) is 19.9 Å². The van der Waals surface area contributed by atoms with E-state index < -0.39 is 0 Å². The van der Waals surface area contributed by atoms with E-state index in [0.29, 0.717) is 6.54 Å². The van der Waals surface area contributed by atoms with Crippen molar-refractivity contribution in [2.45, 2.75) is 56.3 Å². The van der Waals surface area contributed by atoms with Gasteiger partial charge in [-0.15, -0.1) is 0 Å². The number of quaternary nitrogens is 1. The number of nitrogens with one attached hydrogen (secondary N) is 1. The zero-order valence-corrected chi connectivity index (χ0v) is 20.1. The summed E-state index contributed by atoms with van der Waals surface area (Å²) < 4.78 is 1.92. The maximum atomic E-state index is 13.7. The number of aromatic nitrogens is 2. The molecule has 1 aliphatic heterocycles. The van der Waals surface area contributed by atoms with Crippen LogP contribution in [0, 0.1) is 0 Å². The minimum absolute atomic E-state index is 0.0163. The first kappa shape index (κ1) is 22.2. The van der Waals surface area contributed by atoms with Gasteiger partial charge in [-0.1, -0.05) is 48.2 Å². The van der Waals surface area contributed by atoms with Gasteiger partial charge in [0.05, 0.1) is 23.6 Å². The molecule has 1 fully saturated rings. The number of rotatable bonds is 4. The van der Waals surface area contributed by atoms with Crippen LogP contribution in [0.1, 0.15) is 49.8 Å². The molecule has 0 saturated carbocycles. The van der Waals surface area contributed by atoms with Crippen molar-refractivity contribution in [2.75, 3.05) is 12.3 Å². The molecule has 3 atom stereocenters. The monoisotopic (exact) mass is 463 g/mol. The van der Waals surface area contributed by atoms with E-state index in [9.17, 15) is 9.59 Å². The van der Waals surface area contributed by atoms with E-state index in [1.54, 1.807) is 0 Å². The van der Waals surface area contributed by atoms with E-state index in [-0.39, 0.29) is 34.3 Å². The zero-order valence-electron chi connectivity index (χ0n) is 19.3. The van der Waals surface area contributed by atoms with Crippen LogP contribution in [0.4, 0.5) is 4.79 Å². The molecule has 0 spiro atoms. The number of amides is 3. The van der Waals surface area contributed by atoms with E-state index in [2.05, 4.69) is 28.5 Å². The third-order valence-electron chi connectivity index (χ3n) is 7.43. The second kappa shape index (κ2) is 8.95. The number of benzene rings is 2. The molecule has 2 aliphatic rings. The van der Waals surface area contributed by atoms with Crippen molar-refractivity contribution in [2.24, 2.45) is 7.05 Å². The molecule has 2 aromatic carbocycles. The molecule has 0 radical (unpaired) electrons. The van der Waals surface area contributed by atoms with Gasteiger partial charge < -0.3 is 4.57 Å². The summed E-state index contributed by atoms with van der Waals surface area (Å²) in [4.78, 5) is 32.1. The fourth-order valence-electron chi connectivity index (χ4n) is 5.52. The second-order valence-electron chi connectivity index (χ2n) is 9.30. The molecule has 6 nitrogen and oxygen atoms in total. The normalized spacial score (nSPS) is 24.5. The van der Waals surface area contributed by atoms with Gasteiger partial charge >= 0.3 is 11.9 Å². The standard InChI is InChI=1S/C26H30N4O2S/c1-18-9-8-16-30(18,26(32)28-21-14-7-11-19-10-3-4-12-20(19)21)24(31)17-33-25-27-22-13-5-6-15-23(22)29(25)2/h3-6,10,12-13,15,18,21H,7-9,11,14,16-17H2,1-2H3/p+1/t18-,21?,30?/m1/s1. The highest BCUT2D eigenvalue weighted by Crippen LogP contribution is 2.34. The maximum absolute atomic E-state index is 13.7. The Morgan fingerprint density at radius 3 is 2.70 bits per heavy atom. The van der Waals surface area contributed by atoms with E-state index in [4.69, 9.17) is 0 Å². The van der Waals surface area contributed by atoms with Gasteiger partial charge in [0.2, 0.25) is 0 Å². The van der Waals surface area contributed by atoms with Crippen LogP contribution in [0.25, 0.3) is 11.0 Å². The van der Waals surface area contributed by atoms with Gasteiger partial charge in [-0.3, -0.25) is 5.32 Å². The Bertz CT molecular complexity index is 1210. The quantitative estimate of drug-likeness (QED) is 0.438. The summed E-state index contributed by atoms with van der Waals surface area (Å²) in [7, 11) is 1.97. The van der Waals surface area contributed by atoms with Crippen LogP contribution < -0.4 is 5.32 Å². The summed E-state index contributed by atoms with van der Waals surface area (Å²) >= 11 is 1.43. The predicted octanol–water partition coefficient (Wildman–Crippen LogP) is 4.98. The van der Waals surface area contributed by atoms with Gasteiger partial charge in [0.25, 0.3) is 0 Å². The molecule has 1 aromatic heterocycles. The van der Waals surface area contributed by atoms with Gasteiger partial charge in [0.15, 0.2) is 5.16 Å². The number of carbonyl (C=O) groups excluding carboxylic acids is 2. The van der Waals surface area contributed by atoms with Crippen molar-refractivity contribution in [1.82, 2.24) is 14.9 Å². The lowest BCUT2D eigenvalue weighted by Crippen LogP contribution is -2.63. The Labute approximate surface area is 199 Å². The van der Waals surface area contributed by atoms with Crippen LogP contribution in [0.15, 0.2) is 53.7 Å². The molecule has 1 saturated heterocycles. The summed E-state index contributed by atoms with van der Waals surface area (Å²) in [6.07, 6.45) is 4.79. The smallest absolute Gasteiger partial charge is 0.322 e. The number of aryl methyl sites for hydroxylation is 2. The number of imide groups is 1. The number of urea groups is 1. The number of likely N-dealkylation sites (tertiary alicyclic amines) is 1. The maximum Gasteiger partial charge on any atom is 0.424 e. The van der Waals surface area contributed by atoms with E-state index >= 15 is 0 Å². The first-order valence-electron chi connectivity index (χ1n) is 11.8. The summed E-state index contributed by atoms with van der Waals surface area (Å²) in [5.41, 5.74) is 4.46. The lowest BCUT2D eigenvalue weighted by Gasteiger charge is -2.35. The van der Waals surface area contributed by atoms with E-state index in [0.717, 1.165) is 48.3 Å². The minimum atomic E-state index is -0.141. The summed E-state index contributed by atoms with van der Waals surface area (Å²) in [6.45, 7) is 2.61. The molecule has 5 rings (SSSR count). The highest BCUT2D eigenvalue weighted by Gasteiger charge is 2.52. The van der Waals surface area contributed by atoms with Crippen molar-refractivity contribution in [1.29, 1.82) is 0 Å². The van der Waals surface area contributed by atoms with Crippen molar-refractivity contribution >= 4 is 34.7 Å². The lowest BCUT2D eigenvalue weighted by atomic mass is 9.88. The Morgan fingerprint density at radius 1 is 1.12 bits per heavy atom. The topological polar surface area (TPSA) is 64.0 Å². The fraction of sp³-hybridized carbons (Fsp3) is 0.423. The van der Waals surface area contributed by atoms with Crippen molar-refractivity contribution in [3.05, 3.63) is 59.7 Å². The molecule has 2 unspecified atom stereocenters. The number of hydrogen-bond donors (Lipinski definition) is 1. The van der Waals surface area contributed by atoms with Gasteiger partial charge in [0.1, 0.15) is 11.8 Å². The number of para-hydroxylation sites is 2. The van der Waals surface area contributed by atoms with Crippen LogP contribution in [-0.4, -0.2) is 44.3 Å². The van der Waals surface area contributed by atoms with Crippen LogP contribution >= 0.6 is 11.8 Å². The SMILES string of the molecule is C[C@@H]1CCC[N+]1(C(=O)CSc1nc2ccccc2n1C)C(=O)NC1CCCc2ccccc21. The van der Waals surface area contributed by atoms with Crippen molar-refractivity contribution in [3.8, 4) is 0 Å². The molecule has 3 aromatic rings.